The quantitative estimate of drug-likeness (QED) is 0.0147. The van der Waals surface area contributed by atoms with Crippen molar-refractivity contribution >= 4 is 13.8 Å². The highest BCUT2D eigenvalue weighted by atomic mass is 31.2. The Morgan fingerprint density at radius 3 is 1.41 bits per heavy atom. The van der Waals surface area contributed by atoms with Crippen molar-refractivity contribution in [1.29, 1.82) is 0 Å². The number of ether oxygens (including phenoxy) is 2. The summed E-state index contributed by atoms with van der Waals surface area (Å²) in [6, 6.07) is 0. The Morgan fingerprint density at radius 2 is 0.922 bits per heavy atom. The first-order valence-electron chi connectivity index (χ1n) is 25.5. The largest absolute Gasteiger partial charge is 0.472 e. The standard InChI is InChI=1S/C51H93O12P/c1-3-5-7-9-11-13-15-17-19-21-22-23-25-27-29-31-33-35-37-39-41-60-42-44(43-61-64(58,59)63-51-49(56)47(54)46(53)48(55)50(51)57)62-45(52)40-38-36-34-32-30-28-26-24-20-18-16-14-12-10-8-6-4-2/h5,7,11,13,17,19,22-23,44,46-51,53-57H,3-4,6,8-10,12,14-16,18,20-21,24-43H2,1-2H3,(H,58,59)/b7-5-,13-11-,19-17-,23-22-. The lowest BCUT2D eigenvalue weighted by atomic mass is 9.85. The third-order valence-electron chi connectivity index (χ3n) is 11.7. The summed E-state index contributed by atoms with van der Waals surface area (Å²) in [6.45, 7) is 4.15. The molecule has 13 heteroatoms. The van der Waals surface area contributed by atoms with E-state index in [9.17, 15) is 39.8 Å². The monoisotopic (exact) mass is 929 g/mol. The second-order valence-electron chi connectivity index (χ2n) is 17.6. The van der Waals surface area contributed by atoms with Crippen LogP contribution in [0.4, 0.5) is 0 Å². The third-order valence-corrected chi connectivity index (χ3v) is 12.7. The van der Waals surface area contributed by atoms with Crippen molar-refractivity contribution in [3.63, 3.8) is 0 Å². The molecule has 1 fully saturated rings. The number of allylic oxidation sites excluding steroid dienone is 8. The van der Waals surface area contributed by atoms with Crippen LogP contribution in [0.5, 0.6) is 0 Å². The van der Waals surface area contributed by atoms with Crippen LogP contribution in [-0.4, -0.2) is 98.9 Å². The molecule has 6 unspecified atom stereocenters. The number of aliphatic hydroxyl groups is 5. The Labute approximate surface area is 388 Å². The van der Waals surface area contributed by atoms with E-state index in [1.807, 2.05) is 0 Å². The molecule has 1 aliphatic carbocycles. The molecule has 0 aliphatic heterocycles. The fraction of sp³-hybridized carbons (Fsp3) is 0.824. The van der Waals surface area contributed by atoms with Crippen molar-refractivity contribution in [3.05, 3.63) is 48.6 Å². The molecule has 374 valence electrons. The van der Waals surface area contributed by atoms with Gasteiger partial charge < -0.3 is 39.9 Å². The van der Waals surface area contributed by atoms with Crippen LogP contribution in [0.15, 0.2) is 48.6 Å². The van der Waals surface area contributed by atoms with Gasteiger partial charge in [0.2, 0.25) is 0 Å². The molecule has 0 saturated heterocycles. The number of unbranched alkanes of at least 4 members (excludes halogenated alkanes) is 23. The zero-order valence-electron chi connectivity index (χ0n) is 40.1. The second-order valence-corrected chi connectivity index (χ2v) is 19.1. The highest BCUT2D eigenvalue weighted by Crippen LogP contribution is 2.47. The zero-order valence-corrected chi connectivity index (χ0v) is 41.0. The van der Waals surface area contributed by atoms with Gasteiger partial charge in [0.25, 0.3) is 0 Å². The Hall–Kier alpha value is -1.70. The van der Waals surface area contributed by atoms with Gasteiger partial charge in [0, 0.05) is 13.0 Å². The Bertz CT molecular complexity index is 1240. The predicted molar refractivity (Wildman–Crippen MR) is 258 cm³/mol. The lowest BCUT2D eigenvalue weighted by molar-refractivity contribution is -0.220. The van der Waals surface area contributed by atoms with E-state index in [0.717, 1.165) is 77.0 Å². The van der Waals surface area contributed by atoms with Crippen molar-refractivity contribution in [2.75, 3.05) is 19.8 Å². The van der Waals surface area contributed by atoms with Crippen molar-refractivity contribution in [3.8, 4) is 0 Å². The number of esters is 1. The first-order chi connectivity index (χ1) is 31.0. The normalized spacial score (nSPS) is 22.1. The average molecular weight is 929 g/mol. The first-order valence-corrected chi connectivity index (χ1v) is 27.0. The van der Waals surface area contributed by atoms with E-state index < -0.39 is 63.1 Å². The molecule has 0 aromatic heterocycles. The molecule has 1 rings (SSSR count). The number of hydrogen-bond donors (Lipinski definition) is 6. The summed E-state index contributed by atoms with van der Waals surface area (Å²) in [5.74, 6) is -0.479. The number of hydrogen-bond acceptors (Lipinski definition) is 11. The minimum atomic E-state index is -5.02. The van der Waals surface area contributed by atoms with Crippen LogP contribution in [0.25, 0.3) is 0 Å². The smallest absolute Gasteiger partial charge is 0.457 e. The van der Waals surface area contributed by atoms with Gasteiger partial charge in [-0.25, -0.2) is 4.57 Å². The van der Waals surface area contributed by atoms with Crippen LogP contribution in [0.3, 0.4) is 0 Å². The maximum Gasteiger partial charge on any atom is 0.472 e. The van der Waals surface area contributed by atoms with Gasteiger partial charge in [-0.3, -0.25) is 13.8 Å². The van der Waals surface area contributed by atoms with Crippen LogP contribution in [-0.2, 0) is 27.9 Å². The fourth-order valence-corrected chi connectivity index (χ4v) is 8.67. The van der Waals surface area contributed by atoms with E-state index in [0.29, 0.717) is 13.0 Å². The van der Waals surface area contributed by atoms with Crippen LogP contribution in [0.1, 0.15) is 206 Å². The number of carbonyl (C=O) groups excluding carboxylic acids is 1. The molecule has 6 N–H and O–H groups in total. The van der Waals surface area contributed by atoms with Crippen molar-refractivity contribution < 1.29 is 58.3 Å². The molecule has 6 atom stereocenters. The van der Waals surface area contributed by atoms with E-state index in [2.05, 4.69) is 62.5 Å². The van der Waals surface area contributed by atoms with Gasteiger partial charge in [-0.15, -0.1) is 0 Å². The van der Waals surface area contributed by atoms with Gasteiger partial charge in [-0.2, -0.15) is 0 Å². The molecular weight excluding hydrogens is 836 g/mol. The predicted octanol–water partition coefficient (Wildman–Crippen LogP) is 11.2. The maximum absolute atomic E-state index is 12.8. The SMILES string of the molecule is CC/C=C\C/C=C\C/C=C\C/C=C\CCCCCCCCCOCC(COP(=O)(O)OC1C(O)C(O)C(O)C(O)C1O)OC(=O)CCCCCCCCCCCCCCCCCCC. The van der Waals surface area contributed by atoms with Crippen molar-refractivity contribution in [2.45, 2.75) is 249 Å². The van der Waals surface area contributed by atoms with E-state index in [1.54, 1.807) is 0 Å². The van der Waals surface area contributed by atoms with E-state index in [-0.39, 0.29) is 13.0 Å². The van der Waals surface area contributed by atoms with Gasteiger partial charge in [-0.1, -0.05) is 197 Å². The maximum atomic E-state index is 12.8. The number of rotatable bonds is 43. The van der Waals surface area contributed by atoms with Gasteiger partial charge in [0.15, 0.2) is 0 Å². The highest BCUT2D eigenvalue weighted by Gasteiger charge is 2.51. The molecule has 64 heavy (non-hydrogen) atoms. The van der Waals surface area contributed by atoms with Crippen molar-refractivity contribution in [1.82, 2.24) is 0 Å². The van der Waals surface area contributed by atoms with Crippen LogP contribution < -0.4 is 0 Å². The Morgan fingerprint density at radius 1 is 0.516 bits per heavy atom. The van der Waals surface area contributed by atoms with E-state index >= 15 is 0 Å². The first kappa shape index (κ1) is 60.3. The number of aliphatic hydroxyl groups excluding tert-OH is 5. The molecule has 1 aliphatic rings. The minimum Gasteiger partial charge on any atom is -0.457 e. The molecule has 0 spiro atoms. The molecule has 0 radical (unpaired) electrons. The molecule has 1 saturated carbocycles. The second kappa shape index (κ2) is 41.5. The number of carbonyl (C=O) groups is 1. The zero-order chi connectivity index (χ0) is 46.9. The minimum absolute atomic E-state index is 0.0830. The molecule has 0 amide bonds. The molecule has 0 heterocycles. The van der Waals surface area contributed by atoms with E-state index in [1.165, 1.54) is 103 Å². The molecule has 12 nitrogen and oxygen atoms in total. The summed E-state index contributed by atoms with van der Waals surface area (Å²) in [5.41, 5.74) is 0. The number of phosphoric acid groups is 1. The van der Waals surface area contributed by atoms with Crippen molar-refractivity contribution in [2.24, 2.45) is 0 Å². The van der Waals surface area contributed by atoms with Gasteiger partial charge in [0.05, 0.1) is 13.2 Å². The highest BCUT2D eigenvalue weighted by molar-refractivity contribution is 7.47. The molecule has 0 aromatic rings. The molecule has 0 bridgehead atoms. The van der Waals surface area contributed by atoms with Gasteiger partial charge in [-0.05, 0) is 51.4 Å². The molecule has 0 aromatic carbocycles. The lowest BCUT2D eigenvalue weighted by Gasteiger charge is -2.41. The van der Waals surface area contributed by atoms with Gasteiger partial charge in [0.1, 0.15) is 42.7 Å². The van der Waals surface area contributed by atoms with Crippen LogP contribution in [0, 0.1) is 0 Å². The summed E-state index contributed by atoms with van der Waals surface area (Å²) < 4.78 is 34.3. The number of phosphoric ester groups is 1. The van der Waals surface area contributed by atoms with Crippen LogP contribution in [0.2, 0.25) is 0 Å². The fourth-order valence-electron chi connectivity index (χ4n) is 7.70. The summed E-state index contributed by atoms with van der Waals surface area (Å²) in [7, 11) is -5.02. The third kappa shape index (κ3) is 32.9. The average Bonchev–Trinajstić information content (AvgIpc) is 3.28. The Kier molecular flexibility index (Phi) is 39.1. The molecular formula is C51H93O12P. The summed E-state index contributed by atoms with van der Waals surface area (Å²) in [6.07, 6.45) is 38.9. The summed E-state index contributed by atoms with van der Waals surface area (Å²) >= 11 is 0. The summed E-state index contributed by atoms with van der Waals surface area (Å²) in [5, 5.41) is 50.3. The van der Waals surface area contributed by atoms with E-state index in [4.69, 9.17) is 18.5 Å². The Balaban J connectivity index is 2.35. The lowest BCUT2D eigenvalue weighted by Crippen LogP contribution is -2.64. The topological polar surface area (TPSA) is 192 Å². The summed E-state index contributed by atoms with van der Waals surface area (Å²) in [4.78, 5) is 23.2. The van der Waals surface area contributed by atoms with Crippen LogP contribution >= 0.6 is 7.82 Å². The van der Waals surface area contributed by atoms with Gasteiger partial charge >= 0.3 is 13.8 Å².